The van der Waals surface area contributed by atoms with Crippen molar-refractivity contribution in [1.29, 1.82) is 0 Å². The van der Waals surface area contributed by atoms with Crippen LogP contribution in [0.4, 0.5) is 17.6 Å². The maximum atomic E-state index is 13.5. The van der Waals surface area contributed by atoms with Crippen LogP contribution in [-0.2, 0) is 0 Å². The summed E-state index contributed by atoms with van der Waals surface area (Å²) in [7, 11) is 0. The lowest BCUT2D eigenvalue weighted by Gasteiger charge is -2.27. The first kappa shape index (κ1) is 17.0. The van der Waals surface area contributed by atoms with Crippen LogP contribution in [0.1, 0.15) is 24.4 Å². The van der Waals surface area contributed by atoms with Gasteiger partial charge in [-0.05, 0) is 61.4 Å². The lowest BCUT2D eigenvalue weighted by atomic mass is 10.0. The van der Waals surface area contributed by atoms with E-state index >= 15 is 0 Å². The number of hydrogen-bond donors (Lipinski definition) is 1. The van der Waals surface area contributed by atoms with Crippen LogP contribution in [0.3, 0.4) is 0 Å². The number of benzene rings is 1. The molecule has 0 radical (unpaired) electrons. The van der Waals surface area contributed by atoms with Crippen LogP contribution in [-0.4, -0.2) is 43.0 Å². The summed E-state index contributed by atoms with van der Waals surface area (Å²) in [6.45, 7) is 0.832. The van der Waals surface area contributed by atoms with Crippen molar-refractivity contribution in [2.75, 3.05) is 31.9 Å². The predicted molar refractivity (Wildman–Crippen MR) is 83.1 cm³/mol. The molecule has 1 aromatic rings. The molecule has 7 heteroatoms. The summed E-state index contributed by atoms with van der Waals surface area (Å²) in [4.78, 5) is 2.57. The third-order valence-electron chi connectivity index (χ3n) is 4.44. The van der Waals surface area contributed by atoms with Crippen LogP contribution in [0.15, 0.2) is 23.1 Å². The number of rotatable bonds is 4. The standard InChI is InChI=1S/C16H20F4N2S/c17-12-1-2-15-13(7-12)14(4-6-23-15)21-8-11-3-5-22(9-11)10-16(18,19)20/h1-2,7,11,14,21H,3-6,8-10H2/t11-,14-/m0/s1. The van der Waals surface area contributed by atoms with Gasteiger partial charge in [-0.25, -0.2) is 4.39 Å². The van der Waals surface area contributed by atoms with Crippen molar-refractivity contribution in [1.82, 2.24) is 10.2 Å². The summed E-state index contributed by atoms with van der Waals surface area (Å²) in [5.41, 5.74) is 0.978. The van der Waals surface area contributed by atoms with E-state index in [4.69, 9.17) is 0 Å². The van der Waals surface area contributed by atoms with Crippen molar-refractivity contribution < 1.29 is 17.6 Å². The summed E-state index contributed by atoms with van der Waals surface area (Å²) >= 11 is 1.73. The van der Waals surface area contributed by atoms with Gasteiger partial charge in [0.25, 0.3) is 0 Å². The van der Waals surface area contributed by atoms with E-state index in [9.17, 15) is 17.6 Å². The number of thioether (sulfide) groups is 1. The monoisotopic (exact) mass is 348 g/mol. The van der Waals surface area contributed by atoms with Gasteiger partial charge in [-0.1, -0.05) is 0 Å². The molecule has 1 fully saturated rings. The molecule has 0 aliphatic carbocycles. The number of fused-ring (bicyclic) bond motifs is 1. The molecule has 2 aliphatic rings. The smallest absolute Gasteiger partial charge is 0.310 e. The molecule has 23 heavy (non-hydrogen) atoms. The fourth-order valence-corrected chi connectivity index (χ4v) is 4.47. The highest BCUT2D eigenvalue weighted by Crippen LogP contribution is 2.36. The average molecular weight is 348 g/mol. The van der Waals surface area contributed by atoms with Gasteiger partial charge in [0.1, 0.15) is 5.82 Å². The fraction of sp³-hybridized carbons (Fsp3) is 0.625. The van der Waals surface area contributed by atoms with E-state index in [1.165, 1.54) is 11.0 Å². The number of nitrogens with one attached hydrogen (secondary N) is 1. The maximum Gasteiger partial charge on any atom is 0.401 e. The third-order valence-corrected chi connectivity index (χ3v) is 5.56. The second kappa shape index (κ2) is 6.99. The fourth-order valence-electron chi connectivity index (χ4n) is 3.36. The predicted octanol–water partition coefficient (Wildman–Crippen LogP) is 3.84. The molecule has 128 valence electrons. The van der Waals surface area contributed by atoms with Gasteiger partial charge in [0.2, 0.25) is 0 Å². The second-order valence-corrected chi connectivity index (χ2v) is 7.42. The summed E-state index contributed by atoms with van der Waals surface area (Å²) < 4.78 is 50.7. The maximum absolute atomic E-state index is 13.5. The zero-order chi connectivity index (χ0) is 16.4. The molecular weight excluding hydrogens is 328 g/mol. The van der Waals surface area contributed by atoms with E-state index < -0.39 is 12.7 Å². The highest BCUT2D eigenvalue weighted by atomic mass is 32.2. The minimum absolute atomic E-state index is 0.0959. The van der Waals surface area contributed by atoms with E-state index in [-0.39, 0.29) is 17.8 Å². The van der Waals surface area contributed by atoms with E-state index in [1.807, 2.05) is 6.07 Å². The van der Waals surface area contributed by atoms with Gasteiger partial charge in [-0.2, -0.15) is 13.2 Å². The Morgan fingerprint density at radius 2 is 2.09 bits per heavy atom. The Balaban J connectivity index is 1.53. The van der Waals surface area contributed by atoms with Crippen molar-refractivity contribution in [3.63, 3.8) is 0 Å². The van der Waals surface area contributed by atoms with Crippen molar-refractivity contribution in [3.05, 3.63) is 29.6 Å². The van der Waals surface area contributed by atoms with Gasteiger partial charge in [0.05, 0.1) is 6.54 Å². The van der Waals surface area contributed by atoms with Crippen molar-refractivity contribution in [2.45, 2.75) is 30.0 Å². The lowest BCUT2D eigenvalue weighted by molar-refractivity contribution is -0.143. The molecule has 0 spiro atoms. The average Bonchev–Trinajstić information content (AvgIpc) is 2.90. The molecule has 0 aromatic heterocycles. The molecule has 1 N–H and O–H groups in total. The normalized spacial score (nSPS) is 25.6. The van der Waals surface area contributed by atoms with E-state index in [0.717, 1.165) is 29.1 Å². The van der Waals surface area contributed by atoms with Crippen LogP contribution in [0.5, 0.6) is 0 Å². The van der Waals surface area contributed by atoms with Crippen LogP contribution in [0.2, 0.25) is 0 Å². The van der Waals surface area contributed by atoms with Crippen molar-refractivity contribution in [2.24, 2.45) is 5.92 Å². The minimum atomic E-state index is -4.13. The van der Waals surface area contributed by atoms with Crippen molar-refractivity contribution >= 4 is 11.8 Å². The van der Waals surface area contributed by atoms with Gasteiger partial charge in [-0.3, -0.25) is 4.90 Å². The number of alkyl halides is 3. The zero-order valence-corrected chi connectivity index (χ0v) is 13.5. The first-order valence-electron chi connectivity index (χ1n) is 7.85. The molecular formula is C16H20F4N2S. The molecule has 0 bridgehead atoms. The van der Waals surface area contributed by atoms with Crippen LogP contribution >= 0.6 is 11.8 Å². The first-order chi connectivity index (χ1) is 10.9. The SMILES string of the molecule is Fc1ccc2c(c1)[C@@H](NC[C@@H]1CCN(CC(F)(F)F)C1)CCS2. The first-order valence-corrected chi connectivity index (χ1v) is 8.84. The number of hydrogen-bond acceptors (Lipinski definition) is 3. The van der Waals surface area contributed by atoms with Crippen molar-refractivity contribution in [3.8, 4) is 0 Å². The van der Waals surface area contributed by atoms with E-state index in [2.05, 4.69) is 5.32 Å². The van der Waals surface area contributed by atoms with Gasteiger partial charge in [-0.15, -0.1) is 11.8 Å². The summed E-state index contributed by atoms with van der Waals surface area (Å²) in [6.07, 6.45) is -2.43. The molecule has 2 aliphatic heterocycles. The quantitative estimate of drug-likeness (QED) is 0.833. The van der Waals surface area contributed by atoms with E-state index in [1.54, 1.807) is 17.8 Å². The van der Waals surface area contributed by atoms with Gasteiger partial charge in [0, 0.05) is 17.5 Å². The highest BCUT2D eigenvalue weighted by Gasteiger charge is 2.34. The summed E-state index contributed by atoms with van der Waals surface area (Å²) in [6, 6.07) is 4.95. The molecule has 3 rings (SSSR count). The summed E-state index contributed by atoms with van der Waals surface area (Å²) in [5.74, 6) is 0.959. The largest absolute Gasteiger partial charge is 0.401 e. The second-order valence-electron chi connectivity index (χ2n) is 6.29. The molecule has 0 saturated carbocycles. The Morgan fingerprint density at radius 3 is 2.87 bits per heavy atom. The molecule has 2 nitrogen and oxygen atoms in total. The van der Waals surface area contributed by atoms with Gasteiger partial charge >= 0.3 is 6.18 Å². The number of nitrogens with zero attached hydrogens (tertiary/aromatic N) is 1. The Kier molecular flexibility index (Phi) is 5.18. The number of halogens is 4. The van der Waals surface area contributed by atoms with Crippen LogP contribution in [0.25, 0.3) is 0 Å². The van der Waals surface area contributed by atoms with Gasteiger partial charge < -0.3 is 5.32 Å². The van der Waals surface area contributed by atoms with Crippen LogP contribution < -0.4 is 5.32 Å². The Labute approximate surface area is 137 Å². The Bertz CT molecular complexity index is 549. The van der Waals surface area contributed by atoms with E-state index in [0.29, 0.717) is 19.6 Å². The molecule has 0 unspecified atom stereocenters. The molecule has 2 atom stereocenters. The topological polar surface area (TPSA) is 15.3 Å². The Morgan fingerprint density at radius 1 is 1.26 bits per heavy atom. The molecule has 1 aromatic carbocycles. The van der Waals surface area contributed by atoms with Crippen LogP contribution in [0, 0.1) is 11.7 Å². The summed E-state index contributed by atoms with van der Waals surface area (Å²) in [5, 5.41) is 3.44. The lowest BCUT2D eigenvalue weighted by Crippen LogP contribution is -2.34. The van der Waals surface area contributed by atoms with Gasteiger partial charge in [0.15, 0.2) is 0 Å². The highest BCUT2D eigenvalue weighted by molar-refractivity contribution is 7.99. The minimum Gasteiger partial charge on any atom is -0.310 e. The molecule has 2 heterocycles. The third kappa shape index (κ3) is 4.61. The molecule has 0 amide bonds. The Hall–Kier alpha value is -0.790. The molecule has 1 saturated heterocycles. The number of likely N-dealkylation sites (tertiary alicyclic amines) is 1. The zero-order valence-electron chi connectivity index (χ0n) is 12.7.